The standard InChI is InChI=1S/C8H10N4O/c1-4(2)6-10-7-5(3-9-12-7)8(13)11-6/h3-4H,1-2H3,(H2,9,10,11,12,13). The van der Waals surface area contributed by atoms with Crippen molar-refractivity contribution in [3.8, 4) is 0 Å². The number of aromatic nitrogens is 4. The van der Waals surface area contributed by atoms with E-state index in [4.69, 9.17) is 0 Å². The van der Waals surface area contributed by atoms with Gasteiger partial charge in [-0.05, 0) is 0 Å². The number of fused-ring (bicyclic) bond motifs is 1. The van der Waals surface area contributed by atoms with Crippen molar-refractivity contribution < 1.29 is 0 Å². The Bertz CT molecular complexity index is 482. The molecule has 0 aliphatic rings. The maximum absolute atomic E-state index is 11.4. The van der Waals surface area contributed by atoms with Crippen LogP contribution in [0.2, 0.25) is 0 Å². The van der Waals surface area contributed by atoms with Gasteiger partial charge in [0.2, 0.25) is 0 Å². The van der Waals surface area contributed by atoms with Crippen molar-refractivity contribution in [1.29, 1.82) is 0 Å². The van der Waals surface area contributed by atoms with E-state index in [0.717, 1.165) is 0 Å². The monoisotopic (exact) mass is 178 g/mol. The van der Waals surface area contributed by atoms with E-state index in [2.05, 4.69) is 20.2 Å². The van der Waals surface area contributed by atoms with Gasteiger partial charge in [-0.2, -0.15) is 5.10 Å². The molecule has 0 aliphatic carbocycles. The largest absolute Gasteiger partial charge is 0.310 e. The van der Waals surface area contributed by atoms with Crippen LogP contribution in [0.1, 0.15) is 25.6 Å². The van der Waals surface area contributed by atoms with Gasteiger partial charge in [0.05, 0.1) is 6.20 Å². The lowest BCUT2D eigenvalue weighted by Gasteiger charge is -2.02. The Kier molecular flexibility index (Phi) is 1.65. The number of nitrogens with zero attached hydrogens (tertiary/aromatic N) is 2. The Morgan fingerprint density at radius 1 is 1.46 bits per heavy atom. The fourth-order valence-corrected chi connectivity index (χ4v) is 1.14. The average molecular weight is 178 g/mol. The minimum absolute atomic E-state index is 0.137. The van der Waals surface area contributed by atoms with Crippen LogP contribution in [0, 0.1) is 0 Å². The van der Waals surface area contributed by atoms with Crippen LogP contribution in [0.25, 0.3) is 11.0 Å². The molecule has 0 saturated carbocycles. The molecule has 2 aromatic heterocycles. The Labute approximate surface area is 74.2 Å². The van der Waals surface area contributed by atoms with Crippen LogP contribution >= 0.6 is 0 Å². The number of H-pyrrole nitrogens is 2. The molecule has 13 heavy (non-hydrogen) atoms. The van der Waals surface area contributed by atoms with Gasteiger partial charge in [-0.15, -0.1) is 0 Å². The summed E-state index contributed by atoms with van der Waals surface area (Å²) < 4.78 is 0. The Morgan fingerprint density at radius 3 is 2.92 bits per heavy atom. The van der Waals surface area contributed by atoms with Gasteiger partial charge < -0.3 is 4.98 Å². The van der Waals surface area contributed by atoms with Gasteiger partial charge >= 0.3 is 0 Å². The van der Waals surface area contributed by atoms with E-state index < -0.39 is 0 Å². The maximum Gasteiger partial charge on any atom is 0.262 e. The van der Waals surface area contributed by atoms with E-state index in [-0.39, 0.29) is 11.5 Å². The second kappa shape index (κ2) is 2.69. The number of hydrogen-bond donors (Lipinski definition) is 2. The SMILES string of the molecule is CC(C)c1nc2[nH]ncc2c(=O)[nH]1. The summed E-state index contributed by atoms with van der Waals surface area (Å²) in [6, 6.07) is 0. The molecule has 0 spiro atoms. The Hall–Kier alpha value is -1.65. The fraction of sp³-hybridized carbons (Fsp3) is 0.375. The van der Waals surface area contributed by atoms with Gasteiger partial charge in [0, 0.05) is 5.92 Å². The molecule has 0 amide bonds. The van der Waals surface area contributed by atoms with Gasteiger partial charge in [0.1, 0.15) is 11.2 Å². The van der Waals surface area contributed by atoms with Crippen molar-refractivity contribution in [2.24, 2.45) is 0 Å². The number of aromatic amines is 2. The molecule has 0 atom stereocenters. The normalized spacial score (nSPS) is 11.3. The van der Waals surface area contributed by atoms with Gasteiger partial charge in [-0.1, -0.05) is 13.8 Å². The summed E-state index contributed by atoms with van der Waals surface area (Å²) in [6.45, 7) is 3.95. The van der Waals surface area contributed by atoms with Crippen molar-refractivity contribution in [2.75, 3.05) is 0 Å². The summed E-state index contributed by atoms with van der Waals surface area (Å²) in [5, 5.41) is 6.93. The molecule has 0 aliphatic heterocycles. The van der Waals surface area contributed by atoms with Gasteiger partial charge in [-0.3, -0.25) is 9.89 Å². The van der Waals surface area contributed by atoms with Crippen molar-refractivity contribution >= 4 is 11.0 Å². The lowest BCUT2D eigenvalue weighted by atomic mass is 10.2. The Morgan fingerprint density at radius 2 is 2.23 bits per heavy atom. The van der Waals surface area contributed by atoms with Crippen LogP contribution < -0.4 is 5.56 Å². The van der Waals surface area contributed by atoms with Crippen LogP contribution in [-0.4, -0.2) is 20.2 Å². The first-order chi connectivity index (χ1) is 6.18. The van der Waals surface area contributed by atoms with Crippen molar-refractivity contribution in [1.82, 2.24) is 20.2 Å². The lowest BCUT2D eigenvalue weighted by molar-refractivity contribution is 0.774. The maximum atomic E-state index is 11.4. The van der Waals surface area contributed by atoms with Crippen LogP contribution in [0.15, 0.2) is 11.0 Å². The third-order valence-electron chi connectivity index (χ3n) is 1.88. The quantitative estimate of drug-likeness (QED) is 0.677. The summed E-state index contributed by atoms with van der Waals surface area (Å²) in [5.41, 5.74) is 0.412. The van der Waals surface area contributed by atoms with E-state index in [1.807, 2.05) is 13.8 Å². The molecule has 2 heterocycles. The predicted molar refractivity (Wildman–Crippen MR) is 48.6 cm³/mol. The van der Waals surface area contributed by atoms with Gasteiger partial charge in [0.25, 0.3) is 5.56 Å². The van der Waals surface area contributed by atoms with Crippen molar-refractivity contribution in [3.05, 3.63) is 22.4 Å². The molecule has 0 fully saturated rings. The number of nitrogens with one attached hydrogen (secondary N) is 2. The minimum Gasteiger partial charge on any atom is -0.310 e. The lowest BCUT2D eigenvalue weighted by Crippen LogP contribution is -2.11. The smallest absolute Gasteiger partial charge is 0.262 e. The average Bonchev–Trinajstić information content (AvgIpc) is 2.51. The van der Waals surface area contributed by atoms with Gasteiger partial charge in [0.15, 0.2) is 5.65 Å². The highest BCUT2D eigenvalue weighted by molar-refractivity contribution is 5.72. The first-order valence-electron chi connectivity index (χ1n) is 4.12. The third-order valence-corrected chi connectivity index (χ3v) is 1.88. The summed E-state index contributed by atoms with van der Waals surface area (Å²) >= 11 is 0. The summed E-state index contributed by atoms with van der Waals surface area (Å²) in [6.07, 6.45) is 1.48. The molecule has 2 rings (SSSR count). The second-order valence-corrected chi connectivity index (χ2v) is 3.24. The molecular formula is C8H10N4O. The molecule has 68 valence electrons. The molecular weight excluding hydrogens is 168 g/mol. The molecule has 0 bridgehead atoms. The highest BCUT2D eigenvalue weighted by atomic mass is 16.1. The molecule has 2 aromatic rings. The fourth-order valence-electron chi connectivity index (χ4n) is 1.14. The molecule has 0 aromatic carbocycles. The summed E-state index contributed by atoms with van der Waals surface area (Å²) in [4.78, 5) is 18.3. The molecule has 5 heteroatoms. The van der Waals surface area contributed by atoms with Crippen LogP contribution in [0.5, 0.6) is 0 Å². The van der Waals surface area contributed by atoms with Crippen LogP contribution in [0.4, 0.5) is 0 Å². The zero-order valence-corrected chi connectivity index (χ0v) is 7.46. The summed E-state index contributed by atoms with van der Waals surface area (Å²) in [7, 11) is 0. The van der Waals surface area contributed by atoms with Crippen molar-refractivity contribution in [2.45, 2.75) is 19.8 Å². The number of rotatable bonds is 1. The minimum atomic E-state index is -0.137. The van der Waals surface area contributed by atoms with E-state index >= 15 is 0 Å². The zero-order chi connectivity index (χ0) is 9.42. The molecule has 0 saturated heterocycles. The zero-order valence-electron chi connectivity index (χ0n) is 7.46. The highest BCUT2D eigenvalue weighted by Gasteiger charge is 2.07. The van der Waals surface area contributed by atoms with E-state index in [1.54, 1.807) is 0 Å². The molecule has 0 radical (unpaired) electrons. The number of hydrogen-bond acceptors (Lipinski definition) is 3. The first kappa shape index (κ1) is 7.97. The van der Waals surface area contributed by atoms with E-state index in [9.17, 15) is 4.79 Å². The van der Waals surface area contributed by atoms with Crippen LogP contribution in [0.3, 0.4) is 0 Å². The molecule has 5 nitrogen and oxygen atoms in total. The predicted octanol–water partition coefficient (Wildman–Crippen LogP) is 0.770. The van der Waals surface area contributed by atoms with E-state index in [0.29, 0.717) is 16.9 Å². The second-order valence-electron chi connectivity index (χ2n) is 3.24. The Balaban J connectivity index is 2.77. The first-order valence-corrected chi connectivity index (χ1v) is 4.12. The summed E-state index contributed by atoms with van der Waals surface area (Å²) in [5.74, 6) is 0.891. The van der Waals surface area contributed by atoms with Gasteiger partial charge in [-0.25, -0.2) is 4.98 Å². The van der Waals surface area contributed by atoms with E-state index in [1.165, 1.54) is 6.20 Å². The topological polar surface area (TPSA) is 74.4 Å². The molecule has 0 unspecified atom stereocenters. The molecule has 2 N–H and O–H groups in total. The van der Waals surface area contributed by atoms with Crippen molar-refractivity contribution in [3.63, 3.8) is 0 Å². The highest BCUT2D eigenvalue weighted by Crippen LogP contribution is 2.08. The third kappa shape index (κ3) is 1.22. The van der Waals surface area contributed by atoms with Crippen LogP contribution in [-0.2, 0) is 0 Å².